The van der Waals surface area contributed by atoms with Crippen molar-refractivity contribution >= 4 is 0 Å². The van der Waals surface area contributed by atoms with Crippen LogP contribution in [0.15, 0.2) is 66.7 Å². The maximum Gasteiger partial charge on any atom is 0.118 e. The third-order valence-corrected chi connectivity index (χ3v) is 4.53. The van der Waals surface area contributed by atoms with Crippen molar-refractivity contribution in [2.24, 2.45) is 0 Å². The van der Waals surface area contributed by atoms with Gasteiger partial charge in [-0.15, -0.1) is 0 Å². The molecule has 2 aromatic carbocycles. The lowest BCUT2D eigenvalue weighted by atomic mass is 9.90. The van der Waals surface area contributed by atoms with Gasteiger partial charge < -0.3 is 4.74 Å². The highest BCUT2D eigenvalue weighted by Crippen LogP contribution is 2.28. The molecule has 0 spiro atoms. The molecule has 0 aliphatic heterocycles. The molecular formula is C23H30O. The van der Waals surface area contributed by atoms with Gasteiger partial charge in [0.15, 0.2) is 0 Å². The molecule has 1 atom stereocenters. The van der Waals surface area contributed by atoms with Gasteiger partial charge in [0.2, 0.25) is 0 Å². The molecular weight excluding hydrogens is 292 g/mol. The van der Waals surface area contributed by atoms with Crippen molar-refractivity contribution in [3.63, 3.8) is 0 Å². The van der Waals surface area contributed by atoms with E-state index in [0.29, 0.717) is 5.92 Å². The third kappa shape index (κ3) is 6.23. The van der Waals surface area contributed by atoms with Gasteiger partial charge in [-0.25, -0.2) is 0 Å². The molecule has 0 aliphatic rings. The van der Waals surface area contributed by atoms with Gasteiger partial charge in [-0.1, -0.05) is 80.8 Å². The molecule has 2 rings (SSSR count). The van der Waals surface area contributed by atoms with Gasteiger partial charge in [0.05, 0.1) is 7.11 Å². The minimum absolute atomic E-state index is 0.606. The second-order valence-electron chi connectivity index (χ2n) is 6.36. The molecule has 1 heteroatoms. The molecule has 2 aromatic rings. The van der Waals surface area contributed by atoms with Gasteiger partial charge >= 0.3 is 0 Å². The number of ether oxygens (including phenoxy) is 1. The number of methoxy groups -OCH3 is 1. The first-order valence-corrected chi connectivity index (χ1v) is 9.16. The highest BCUT2D eigenvalue weighted by molar-refractivity contribution is 5.29. The Hall–Kier alpha value is -2.02. The Morgan fingerprint density at radius 3 is 2.33 bits per heavy atom. The zero-order valence-electron chi connectivity index (χ0n) is 15.1. The summed E-state index contributed by atoms with van der Waals surface area (Å²) in [7, 11) is 1.72. The van der Waals surface area contributed by atoms with E-state index in [2.05, 4.69) is 73.7 Å². The summed E-state index contributed by atoms with van der Waals surface area (Å²) in [5, 5.41) is 0. The number of unbranched alkanes of at least 4 members (excludes halogenated alkanes) is 2. The van der Waals surface area contributed by atoms with Gasteiger partial charge in [-0.3, -0.25) is 0 Å². The van der Waals surface area contributed by atoms with Crippen LogP contribution in [0.4, 0.5) is 0 Å². The molecule has 0 aromatic heterocycles. The smallest absolute Gasteiger partial charge is 0.118 e. The number of rotatable bonds is 10. The molecule has 0 saturated heterocycles. The van der Waals surface area contributed by atoms with Crippen LogP contribution in [0.25, 0.3) is 0 Å². The molecule has 1 unspecified atom stereocenters. The molecule has 128 valence electrons. The summed E-state index contributed by atoms with van der Waals surface area (Å²) in [4.78, 5) is 0. The molecule has 24 heavy (non-hydrogen) atoms. The van der Waals surface area contributed by atoms with Gasteiger partial charge in [-0.05, 0) is 48.4 Å². The van der Waals surface area contributed by atoms with Gasteiger partial charge in [0.1, 0.15) is 5.75 Å². The summed E-state index contributed by atoms with van der Waals surface area (Å²) in [5.74, 6) is 1.54. The number of hydrogen-bond acceptors (Lipinski definition) is 1. The fourth-order valence-corrected chi connectivity index (χ4v) is 3.03. The number of hydrogen-bond donors (Lipinski definition) is 0. The van der Waals surface area contributed by atoms with Gasteiger partial charge in [0.25, 0.3) is 0 Å². The second kappa shape index (κ2) is 10.7. The van der Waals surface area contributed by atoms with E-state index in [1.807, 2.05) is 0 Å². The Bertz CT molecular complexity index is 583. The molecule has 0 aliphatic carbocycles. The van der Waals surface area contributed by atoms with Crippen molar-refractivity contribution in [3.8, 4) is 5.75 Å². The lowest BCUT2D eigenvalue weighted by Gasteiger charge is -2.16. The standard InChI is InChI=1S/C23H30O/c1-3-4-6-14-21(22-16-18-23(24-2)19-17-22)15-10-9-13-20-11-7-5-8-12-20/h5,7-12,16-19,21H,3-4,6,13-15H2,1-2H3/b10-9+. The summed E-state index contributed by atoms with van der Waals surface area (Å²) in [6, 6.07) is 19.3. The number of benzene rings is 2. The van der Waals surface area contributed by atoms with Crippen LogP contribution >= 0.6 is 0 Å². The van der Waals surface area contributed by atoms with E-state index in [1.54, 1.807) is 7.11 Å². The number of allylic oxidation sites excluding steroid dienone is 2. The van der Waals surface area contributed by atoms with Crippen LogP contribution in [0.3, 0.4) is 0 Å². The molecule has 0 fully saturated rings. The first kappa shape index (κ1) is 18.3. The minimum atomic E-state index is 0.606. The SMILES string of the molecule is CCCCCC(C/C=C/Cc1ccccc1)c1ccc(OC)cc1. The van der Waals surface area contributed by atoms with Crippen molar-refractivity contribution in [2.45, 2.75) is 51.4 Å². The molecule has 0 bridgehead atoms. The fraction of sp³-hybridized carbons (Fsp3) is 0.391. The van der Waals surface area contributed by atoms with Crippen LogP contribution in [0.1, 0.15) is 56.1 Å². The molecule has 0 radical (unpaired) electrons. The molecule has 0 saturated carbocycles. The van der Waals surface area contributed by atoms with Crippen LogP contribution in [-0.4, -0.2) is 7.11 Å². The normalized spacial score (nSPS) is 12.4. The van der Waals surface area contributed by atoms with E-state index in [-0.39, 0.29) is 0 Å². The Labute approximate surface area is 147 Å². The lowest BCUT2D eigenvalue weighted by molar-refractivity contribution is 0.414. The summed E-state index contributed by atoms with van der Waals surface area (Å²) in [5.41, 5.74) is 2.80. The quantitative estimate of drug-likeness (QED) is 0.356. The summed E-state index contributed by atoms with van der Waals surface area (Å²) in [6.45, 7) is 2.27. The maximum absolute atomic E-state index is 5.28. The van der Waals surface area contributed by atoms with E-state index in [0.717, 1.165) is 18.6 Å². The highest BCUT2D eigenvalue weighted by atomic mass is 16.5. The Balaban J connectivity index is 1.94. The summed E-state index contributed by atoms with van der Waals surface area (Å²) >= 11 is 0. The average molecular weight is 322 g/mol. The summed E-state index contributed by atoms with van der Waals surface area (Å²) < 4.78 is 5.28. The lowest BCUT2D eigenvalue weighted by Crippen LogP contribution is -1.98. The Kier molecular flexibility index (Phi) is 8.17. The van der Waals surface area contributed by atoms with Crippen LogP contribution in [0.5, 0.6) is 5.75 Å². The van der Waals surface area contributed by atoms with Crippen molar-refractivity contribution in [3.05, 3.63) is 77.9 Å². The third-order valence-electron chi connectivity index (χ3n) is 4.53. The van der Waals surface area contributed by atoms with Crippen LogP contribution in [0, 0.1) is 0 Å². The minimum Gasteiger partial charge on any atom is -0.497 e. The van der Waals surface area contributed by atoms with Crippen molar-refractivity contribution in [1.82, 2.24) is 0 Å². The summed E-state index contributed by atoms with van der Waals surface area (Å²) in [6.07, 6.45) is 12.0. The first-order valence-electron chi connectivity index (χ1n) is 9.16. The topological polar surface area (TPSA) is 9.23 Å². The largest absolute Gasteiger partial charge is 0.497 e. The second-order valence-corrected chi connectivity index (χ2v) is 6.36. The van der Waals surface area contributed by atoms with E-state index in [1.165, 1.54) is 36.8 Å². The average Bonchev–Trinajstić information content (AvgIpc) is 2.65. The Morgan fingerprint density at radius 2 is 1.67 bits per heavy atom. The zero-order chi connectivity index (χ0) is 17.0. The fourth-order valence-electron chi connectivity index (χ4n) is 3.03. The van der Waals surface area contributed by atoms with E-state index in [4.69, 9.17) is 4.74 Å². The van der Waals surface area contributed by atoms with Crippen LogP contribution in [0.2, 0.25) is 0 Å². The van der Waals surface area contributed by atoms with Crippen molar-refractivity contribution in [1.29, 1.82) is 0 Å². The highest BCUT2D eigenvalue weighted by Gasteiger charge is 2.10. The molecule has 0 heterocycles. The zero-order valence-corrected chi connectivity index (χ0v) is 15.1. The van der Waals surface area contributed by atoms with Crippen LogP contribution < -0.4 is 4.74 Å². The van der Waals surface area contributed by atoms with E-state index >= 15 is 0 Å². The molecule has 0 N–H and O–H groups in total. The monoisotopic (exact) mass is 322 g/mol. The molecule has 1 nitrogen and oxygen atoms in total. The predicted octanol–water partition coefficient (Wildman–Crippen LogP) is 6.55. The Morgan fingerprint density at radius 1 is 0.917 bits per heavy atom. The first-order chi connectivity index (χ1) is 11.8. The van der Waals surface area contributed by atoms with Gasteiger partial charge in [0, 0.05) is 0 Å². The van der Waals surface area contributed by atoms with Gasteiger partial charge in [-0.2, -0.15) is 0 Å². The van der Waals surface area contributed by atoms with Crippen LogP contribution in [-0.2, 0) is 6.42 Å². The maximum atomic E-state index is 5.28. The molecule has 0 amide bonds. The predicted molar refractivity (Wildman–Crippen MR) is 104 cm³/mol. The van der Waals surface area contributed by atoms with Crippen molar-refractivity contribution < 1.29 is 4.74 Å². The van der Waals surface area contributed by atoms with E-state index < -0.39 is 0 Å². The van der Waals surface area contributed by atoms with Crippen molar-refractivity contribution in [2.75, 3.05) is 7.11 Å². The van der Waals surface area contributed by atoms with E-state index in [9.17, 15) is 0 Å².